The van der Waals surface area contributed by atoms with E-state index in [4.69, 9.17) is 5.73 Å². The van der Waals surface area contributed by atoms with Crippen molar-refractivity contribution in [1.29, 1.82) is 0 Å². The maximum atomic E-state index is 6.22. The number of nitrogens with zero attached hydrogens (tertiary/aromatic N) is 2. The van der Waals surface area contributed by atoms with Crippen LogP contribution in [0.3, 0.4) is 0 Å². The monoisotopic (exact) mass is 206 g/mol. The Hall–Kier alpha value is -0.970. The predicted octanol–water partition coefficient (Wildman–Crippen LogP) is -0.0150. The Balaban J connectivity index is 2.09. The molecule has 15 heavy (non-hydrogen) atoms. The van der Waals surface area contributed by atoms with Crippen molar-refractivity contribution in [2.45, 2.75) is 12.1 Å². The SMILES string of the molecule is CN1CCNCC1C(N)c1ccccn1. The molecule has 2 heterocycles. The first kappa shape index (κ1) is 10.5. The Morgan fingerprint density at radius 1 is 1.60 bits per heavy atom. The van der Waals surface area contributed by atoms with Crippen LogP contribution in [-0.2, 0) is 0 Å². The summed E-state index contributed by atoms with van der Waals surface area (Å²) in [6.45, 7) is 3.03. The van der Waals surface area contributed by atoms with Crippen molar-refractivity contribution in [3.05, 3.63) is 30.1 Å². The molecule has 1 aliphatic heterocycles. The van der Waals surface area contributed by atoms with Crippen LogP contribution in [0.25, 0.3) is 0 Å². The lowest BCUT2D eigenvalue weighted by Crippen LogP contribution is -2.53. The van der Waals surface area contributed by atoms with Crippen molar-refractivity contribution in [2.75, 3.05) is 26.7 Å². The van der Waals surface area contributed by atoms with E-state index in [0.717, 1.165) is 25.3 Å². The van der Waals surface area contributed by atoms with Gasteiger partial charge in [-0.05, 0) is 19.2 Å². The smallest absolute Gasteiger partial charge is 0.0640 e. The minimum Gasteiger partial charge on any atom is -0.321 e. The highest BCUT2D eigenvalue weighted by atomic mass is 15.2. The molecule has 0 saturated carbocycles. The topological polar surface area (TPSA) is 54.2 Å². The molecule has 1 saturated heterocycles. The highest BCUT2D eigenvalue weighted by Crippen LogP contribution is 2.16. The molecular weight excluding hydrogens is 188 g/mol. The normalized spacial score (nSPS) is 25.1. The molecule has 1 aromatic rings. The third-order valence-electron chi connectivity index (χ3n) is 3.00. The first-order chi connectivity index (χ1) is 7.29. The van der Waals surface area contributed by atoms with E-state index in [0.29, 0.717) is 6.04 Å². The van der Waals surface area contributed by atoms with Crippen LogP contribution in [0.2, 0.25) is 0 Å². The Bertz CT molecular complexity index is 301. The Morgan fingerprint density at radius 3 is 3.13 bits per heavy atom. The molecule has 0 aliphatic carbocycles. The average Bonchev–Trinajstić information content (AvgIpc) is 2.30. The Kier molecular flexibility index (Phi) is 3.30. The van der Waals surface area contributed by atoms with Gasteiger partial charge in [-0.1, -0.05) is 6.07 Å². The summed E-state index contributed by atoms with van der Waals surface area (Å²) >= 11 is 0. The summed E-state index contributed by atoms with van der Waals surface area (Å²) < 4.78 is 0. The first-order valence-corrected chi connectivity index (χ1v) is 5.36. The summed E-state index contributed by atoms with van der Waals surface area (Å²) in [5.74, 6) is 0. The Labute approximate surface area is 90.5 Å². The number of pyridine rings is 1. The van der Waals surface area contributed by atoms with E-state index in [1.807, 2.05) is 18.2 Å². The van der Waals surface area contributed by atoms with Gasteiger partial charge in [0.2, 0.25) is 0 Å². The fourth-order valence-corrected chi connectivity index (χ4v) is 2.00. The van der Waals surface area contributed by atoms with E-state index in [1.54, 1.807) is 6.20 Å². The zero-order valence-corrected chi connectivity index (χ0v) is 9.06. The van der Waals surface area contributed by atoms with Gasteiger partial charge in [0.1, 0.15) is 0 Å². The molecule has 4 nitrogen and oxygen atoms in total. The summed E-state index contributed by atoms with van der Waals surface area (Å²) in [7, 11) is 2.12. The highest BCUT2D eigenvalue weighted by Gasteiger charge is 2.26. The van der Waals surface area contributed by atoms with Crippen molar-refractivity contribution in [3.8, 4) is 0 Å². The maximum Gasteiger partial charge on any atom is 0.0640 e. The molecule has 2 unspecified atom stereocenters. The lowest BCUT2D eigenvalue weighted by atomic mass is 10.0. The van der Waals surface area contributed by atoms with Gasteiger partial charge in [-0.2, -0.15) is 0 Å². The van der Waals surface area contributed by atoms with Crippen LogP contribution >= 0.6 is 0 Å². The number of nitrogens with one attached hydrogen (secondary N) is 1. The van der Waals surface area contributed by atoms with Gasteiger partial charge in [-0.15, -0.1) is 0 Å². The molecule has 1 aromatic heterocycles. The zero-order valence-electron chi connectivity index (χ0n) is 9.06. The van der Waals surface area contributed by atoms with Crippen LogP contribution in [0.5, 0.6) is 0 Å². The van der Waals surface area contributed by atoms with Gasteiger partial charge in [0, 0.05) is 31.9 Å². The summed E-state index contributed by atoms with van der Waals surface area (Å²) in [6.07, 6.45) is 1.80. The van der Waals surface area contributed by atoms with Crippen LogP contribution in [0.1, 0.15) is 11.7 Å². The van der Waals surface area contributed by atoms with Crippen LogP contribution in [-0.4, -0.2) is 42.6 Å². The minimum absolute atomic E-state index is 0.0102. The van der Waals surface area contributed by atoms with E-state index >= 15 is 0 Å². The van der Waals surface area contributed by atoms with Gasteiger partial charge >= 0.3 is 0 Å². The lowest BCUT2D eigenvalue weighted by molar-refractivity contribution is 0.172. The van der Waals surface area contributed by atoms with E-state index in [2.05, 4.69) is 22.2 Å². The van der Waals surface area contributed by atoms with Gasteiger partial charge in [0.05, 0.1) is 11.7 Å². The molecule has 82 valence electrons. The predicted molar refractivity (Wildman–Crippen MR) is 60.5 cm³/mol. The van der Waals surface area contributed by atoms with E-state index in [9.17, 15) is 0 Å². The molecule has 0 radical (unpaired) electrons. The van der Waals surface area contributed by atoms with Crippen molar-refractivity contribution >= 4 is 0 Å². The zero-order chi connectivity index (χ0) is 10.7. The maximum absolute atomic E-state index is 6.22. The second kappa shape index (κ2) is 4.70. The molecule has 1 fully saturated rings. The van der Waals surface area contributed by atoms with Crippen molar-refractivity contribution in [1.82, 2.24) is 15.2 Å². The van der Waals surface area contributed by atoms with Crippen molar-refractivity contribution in [2.24, 2.45) is 5.73 Å². The molecule has 3 N–H and O–H groups in total. The van der Waals surface area contributed by atoms with Gasteiger partial charge in [-0.25, -0.2) is 0 Å². The third-order valence-corrected chi connectivity index (χ3v) is 3.00. The quantitative estimate of drug-likeness (QED) is 0.714. The van der Waals surface area contributed by atoms with Gasteiger partial charge in [0.25, 0.3) is 0 Å². The number of likely N-dealkylation sites (N-methyl/N-ethyl adjacent to an activating group) is 1. The molecule has 0 spiro atoms. The number of hydrogen-bond donors (Lipinski definition) is 2. The molecule has 0 bridgehead atoms. The Morgan fingerprint density at radius 2 is 2.47 bits per heavy atom. The summed E-state index contributed by atoms with van der Waals surface area (Å²) in [6, 6.07) is 6.22. The molecule has 1 aliphatic rings. The minimum atomic E-state index is -0.0102. The molecule has 0 amide bonds. The summed E-state index contributed by atoms with van der Waals surface area (Å²) in [5, 5.41) is 3.37. The largest absolute Gasteiger partial charge is 0.321 e. The van der Waals surface area contributed by atoms with Crippen LogP contribution in [0.4, 0.5) is 0 Å². The second-order valence-corrected chi connectivity index (χ2v) is 4.03. The fraction of sp³-hybridized carbons (Fsp3) is 0.545. The number of rotatable bonds is 2. The molecule has 4 heteroatoms. The standard InChI is InChI=1S/C11H18N4/c1-15-7-6-13-8-10(15)11(12)9-4-2-3-5-14-9/h2-5,10-11,13H,6-8,12H2,1H3. The van der Waals surface area contributed by atoms with Gasteiger partial charge in [0.15, 0.2) is 0 Å². The lowest BCUT2D eigenvalue weighted by Gasteiger charge is -2.36. The number of piperazine rings is 1. The first-order valence-electron chi connectivity index (χ1n) is 5.36. The van der Waals surface area contributed by atoms with Crippen molar-refractivity contribution in [3.63, 3.8) is 0 Å². The van der Waals surface area contributed by atoms with Gasteiger partial charge in [-0.3, -0.25) is 9.88 Å². The van der Waals surface area contributed by atoms with E-state index in [-0.39, 0.29) is 6.04 Å². The molecular formula is C11H18N4. The summed E-state index contributed by atoms with van der Waals surface area (Å²) in [5.41, 5.74) is 7.19. The van der Waals surface area contributed by atoms with Crippen LogP contribution in [0, 0.1) is 0 Å². The third kappa shape index (κ3) is 2.34. The second-order valence-electron chi connectivity index (χ2n) is 4.03. The van der Waals surface area contributed by atoms with E-state index in [1.165, 1.54) is 0 Å². The highest BCUT2D eigenvalue weighted by molar-refractivity contribution is 5.11. The molecule has 0 aromatic carbocycles. The number of nitrogens with two attached hydrogens (primary N) is 1. The van der Waals surface area contributed by atoms with Crippen molar-refractivity contribution < 1.29 is 0 Å². The van der Waals surface area contributed by atoms with Crippen LogP contribution < -0.4 is 11.1 Å². The molecule has 2 atom stereocenters. The average molecular weight is 206 g/mol. The number of aromatic nitrogens is 1. The fourth-order valence-electron chi connectivity index (χ4n) is 2.00. The van der Waals surface area contributed by atoms with Gasteiger partial charge < -0.3 is 11.1 Å². The summed E-state index contributed by atoms with van der Waals surface area (Å²) in [4.78, 5) is 6.61. The van der Waals surface area contributed by atoms with E-state index < -0.39 is 0 Å². The van der Waals surface area contributed by atoms with Crippen LogP contribution in [0.15, 0.2) is 24.4 Å². The molecule has 2 rings (SSSR count). The number of hydrogen-bond acceptors (Lipinski definition) is 4.